The van der Waals surface area contributed by atoms with Gasteiger partial charge in [-0.2, -0.15) is 0 Å². The van der Waals surface area contributed by atoms with Crippen molar-refractivity contribution in [1.82, 2.24) is 0 Å². The summed E-state index contributed by atoms with van der Waals surface area (Å²) in [6, 6.07) is 0. The lowest BCUT2D eigenvalue weighted by Crippen LogP contribution is -2.27. The van der Waals surface area contributed by atoms with Crippen molar-refractivity contribution in [3.05, 3.63) is 36.6 Å². The molecule has 3 N–H and O–H groups in total. The van der Waals surface area contributed by atoms with Crippen LogP contribution in [0.1, 0.15) is 168 Å². The monoisotopic (exact) mass is 713 g/mol. The molecule has 0 rings (SSSR count). The van der Waals surface area contributed by atoms with Crippen LogP contribution in [0, 0.1) is 0 Å². The molecular formula is C39H72NO8P. The first-order valence-corrected chi connectivity index (χ1v) is 21.0. The van der Waals surface area contributed by atoms with E-state index in [4.69, 9.17) is 24.3 Å². The zero-order valence-electron chi connectivity index (χ0n) is 31.2. The number of allylic oxidation sites excluding steroid dienone is 5. The zero-order chi connectivity index (χ0) is 36.1. The van der Waals surface area contributed by atoms with Gasteiger partial charge in [-0.15, -0.1) is 0 Å². The molecule has 2 atom stereocenters. The molecule has 0 saturated carbocycles. The van der Waals surface area contributed by atoms with Crippen molar-refractivity contribution in [3.63, 3.8) is 0 Å². The molecule has 0 aromatic heterocycles. The number of hydrogen-bond donors (Lipinski definition) is 2. The minimum atomic E-state index is -4.32. The van der Waals surface area contributed by atoms with Crippen molar-refractivity contribution in [2.45, 2.75) is 174 Å². The maximum Gasteiger partial charge on any atom is 0.472 e. The van der Waals surface area contributed by atoms with Gasteiger partial charge in [-0.3, -0.25) is 18.6 Å². The summed E-state index contributed by atoms with van der Waals surface area (Å²) in [5.74, 6) is -0.284. The second-order valence-corrected chi connectivity index (χ2v) is 14.4. The van der Waals surface area contributed by atoms with Crippen molar-refractivity contribution >= 4 is 19.6 Å². The number of esters is 1. The van der Waals surface area contributed by atoms with Crippen LogP contribution in [0.2, 0.25) is 0 Å². The largest absolute Gasteiger partial charge is 0.498 e. The molecule has 0 heterocycles. The van der Waals surface area contributed by atoms with Gasteiger partial charge in [0.2, 0.25) is 0 Å². The summed E-state index contributed by atoms with van der Waals surface area (Å²) in [4.78, 5) is 34.4. The minimum absolute atomic E-state index is 0.00526. The van der Waals surface area contributed by atoms with E-state index in [9.17, 15) is 19.0 Å². The number of phosphoric acid groups is 1. The Balaban J connectivity index is 4.24. The van der Waals surface area contributed by atoms with Crippen molar-refractivity contribution in [2.75, 3.05) is 26.4 Å². The smallest absolute Gasteiger partial charge is 0.472 e. The van der Waals surface area contributed by atoms with E-state index in [1.807, 2.05) is 18.2 Å². The van der Waals surface area contributed by atoms with E-state index in [0.29, 0.717) is 12.8 Å². The van der Waals surface area contributed by atoms with Gasteiger partial charge in [-0.1, -0.05) is 135 Å². The van der Waals surface area contributed by atoms with E-state index in [2.05, 4.69) is 19.9 Å². The summed E-state index contributed by atoms with van der Waals surface area (Å²) in [5.41, 5.74) is 5.34. The van der Waals surface area contributed by atoms with E-state index in [-0.39, 0.29) is 38.6 Å². The summed E-state index contributed by atoms with van der Waals surface area (Å²) >= 11 is 0. The van der Waals surface area contributed by atoms with Gasteiger partial charge in [0.25, 0.3) is 0 Å². The molecule has 0 amide bonds. The van der Waals surface area contributed by atoms with E-state index in [1.54, 1.807) is 12.3 Å². The number of ether oxygens (including phenoxy) is 2. The SMILES string of the molecule is CCCCC/C=C\C=C\C(=O)CCCCCCCC(=O)O[C@H](CO/C=C/CCCCCCCCCCCCCC)COP(=O)(O)OCCN. The second-order valence-electron chi connectivity index (χ2n) is 12.9. The maximum absolute atomic E-state index is 12.5. The van der Waals surface area contributed by atoms with Gasteiger partial charge < -0.3 is 20.1 Å². The molecule has 0 aliphatic heterocycles. The van der Waals surface area contributed by atoms with Crippen LogP contribution in [0.25, 0.3) is 0 Å². The molecule has 0 aliphatic carbocycles. The molecule has 0 spiro atoms. The third kappa shape index (κ3) is 35.8. The first-order chi connectivity index (χ1) is 23.8. The van der Waals surface area contributed by atoms with Crippen LogP contribution in [-0.2, 0) is 32.7 Å². The number of carbonyl (C=O) groups is 2. The number of ketones is 1. The van der Waals surface area contributed by atoms with Gasteiger partial charge in [-0.25, -0.2) is 4.57 Å². The average molecular weight is 714 g/mol. The Kier molecular flexibility index (Phi) is 34.7. The third-order valence-corrected chi connectivity index (χ3v) is 9.08. The average Bonchev–Trinajstić information content (AvgIpc) is 3.08. The van der Waals surface area contributed by atoms with Crippen LogP contribution in [0.15, 0.2) is 36.6 Å². The predicted octanol–water partition coefficient (Wildman–Crippen LogP) is 10.6. The van der Waals surface area contributed by atoms with E-state index in [1.165, 1.54) is 89.9 Å². The molecule has 9 nitrogen and oxygen atoms in total. The summed E-state index contributed by atoms with van der Waals surface area (Å²) in [6.45, 7) is 4.04. The molecule has 10 heteroatoms. The Morgan fingerprint density at radius 1 is 0.673 bits per heavy atom. The Hall–Kier alpha value is -1.77. The van der Waals surface area contributed by atoms with Crippen molar-refractivity contribution < 1.29 is 37.6 Å². The highest BCUT2D eigenvalue weighted by Crippen LogP contribution is 2.43. The van der Waals surface area contributed by atoms with Gasteiger partial charge >= 0.3 is 13.8 Å². The fourth-order valence-electron chi connectivity index (χ4n) is 5.18. The van der Waals surface area contributed by atoms with E-state index < -0.39 is 19.9 Å². The molecule has 0 radical (unpaired) electrons. The normalized spacial score (nSPS) is 13.8. The highest BCUT2D eigenvalue weighted by Gasteiger charge is 2.25. The van der Waals surface area contributed by atoms with Crippen LogP contribution in [0.3, 0.4) is 0 Å². The Morgan fingerprint density at radius 3 is 1.84 bits per heavy atom. The van der Waals surface area contributed by atoms with Crippen molar-refractivity contribution in [1.29, 1.82) is 0 Å². The van der Waals surface area contributed by atoms with Crippen LogP contribution < -0.4 is 5.73 Å². The molecule has 49 heavy (non-hydrogen) atoms. The first kappa shape index (κ1) is 47.2. The predicted molar refractivity (Wildman–Crippen MR) is 201 cm³/mol. The fourth-order valence-corrected chi connectivity index (χ4v) is 5.94. The summed E-state index contributed by atoms with van der Waals surface area (Å²) < 4.78 is 33.0. The molecule has 1 unspecified atom stereocenters. The highest BCUT2D eigenvalue weighted by molar-refractivity contribution is 7.47. The Morgan fingerprint density at radius 2 is 1.20 bits per heavy atom. The quantitative estimate of drug-likeness (QED) is 0.0161. The van der Waals surface area contributed by atoms with Crippen LogP contribution in [-0.4, -0.2) is 49.1 Å². The van der Waals surface area contributed by atoms with Crippen molar-refractivity contribution in [3.8, 4) is 0 Å². The molecule has 0 bridgehead atoms. The number of rotatable bonds is 37. The summed E-state index contributed by atoms with van der Waals surface area (Å²) in [6.07, 6.45) is 36.4. The molecule has 0 saturated heterocycles. The molecule has 0 aromatic carbocycles. The van der Waals surface area contributed by atoms with Gasteiger partial charge in [0.15, 0.2) is 11.9 Å². The third-order valence-electron chi connectivity index (χ3n) is 8.10. The van der Waals surface area contributed by atoms with E-state index >= 15 is 0 Å². The molecule has 0 fully saturated rings. The lowest BCUT2D eigenvalue weighted by atomic mass is 10.0. The lowest BCUT2D eigenvalue weighted by Gasteiger charge is -2.19. The van der Waals surface area contributed by atoms with Gasteiger partial charge in [-0.05, 0) is 50.7 Å². The Bertz CT molecular complexity index is 907. The summed E-state index contributed by atoms with van der Waals surface area (Å²) in [5, 5.41) is 0. The highest BCUT2D eigenvalue weighted by atomic mass is 31.2. The number of carbonyl (C=O) groups excluding carboxylic acids is 2. The number of hydrogen-bond acceptors (Lipinski definition) is 8. The Labute approximate surface area is 299 Å². The van der Waals surface area contributed by atoms with Crippen LogP contribution >= 0.6 is 7.82 Å². The number of phosphoric ester groups is 1. The van der Waals surface area contributed by atoms with Crippen molar-refractivity contribution in [2.24, 2.45) is 5.73 Å². The van der Waals surface area contributed by atoms with Crippen LogP contribution in [0.5, 0.6) is 0 Å². The first-order valence-electron chi connectivity index (χ1n) is 19.5. The minimum Gasteiger partial charge on any atom is -0.498 e. The number of nitrogens with two attached hydrogens (primary N) is 1. The zero-order valence-corrected chi connectivity index (χ0v) is 32.1. The second kappa shape index (κ2) is 36.0. The standard InChI is InChI=1S/C39H72NO8P/c1-3-5-7-9-11-12-13-14-15-16-17-19-24-28-33-45-35-38(36-47-49(43,44)46-34-32-40)48-39(42)31-27-23-20-22-26-30-37(41)29-25-21-18-10-8-6-4-2/h18,21,25,28-29,33,38H,3-17,19-20,22-24,26-27,30-32,34-36,40H2,1-2H3,(H,43,44)/b21-18-,29-25+,33-28+/t38-/m1/s1. The molecule has 0 aliphatic rings. The lowest BCUT2D eigenvalue weighted by molar-refractivity contribution is -0.153. The molecule has 286 valence electrons. The van der Waals surface area contributed by atoms with Gasteiger partial charge in [0, 0.05) is 19.4 Å². The maximum atomic E-state index is 12.5. The van der Waals surface area contributed by atoms with Crippen LogP contribution in [0.4, 0.5) is 0 Å². The molecule has 0 aromatic rings. The molecular weight excluding hydrogens is 641 g/mol. The van der Waals surface area contributed by atoms with Gasteiger partial charge in [0.1, 0.15) is 6.61 Å². The topological polar surface area (TPSA) is 134 Å². The summed E-state index contributed by atoms with van der Waals surface area (Å²) in [7, 11) is -4.32. The fraction of sp³-hybridized carbons (Fsp3) is 0.795. The van der Waals surface area contributed by atoms with Gasteiger partial charge in [0.05, 0.1) is 19.5 Å². The number of unbranched alkanes of at least 4 members (excludes halogenated alkanes) is 19. The van der Waals surface area contributed by atoms with E-state index in [0.717, 1.165) is 44.9 Å².